The van der Waals surface area contributed by atoms with Crippen molar-refractivity contribution < 1.29 is 8.42 Å². The monoisotopic (exact) mass is 385 g/mol. The maximum Gasteiger partial charge on any atom is 0.264 e. The van der Waals surface area contributed by atoms with Crippen LogP contribution in [-0.4, -0.2) is 8.42 Å². The van der Waals surface area contributed by atoms with Gasteiger partial charge in [-0.25, -0.2) is 8.42 Å². The third-order valence-electron chi connectivity index (χ3n) is 4.29. The summed E-state index contributed by atoms with van der Waals surface area (Å²) in [5, 5.41) is 0.619. The summed E-state index contributed by atoms with van der Waals surface area (Å²) in [4.78, 5) is 0.271. The van der Waals surface area contributed by atoms with Gasteiger partial charge in [0, 0.05) is 5.02 Å². The summed E-state index contributed by atoms with van der Waals surface area (Å²) in [5.41, 5.74) is 2.51. The van der Waals surface area contributed by atoms with Crippen molar-refractivity contribution >= 4 is 27.3 Å². The highest BCUT2D eigenvalue weighted by Crippen LogP contribution is 2.33. The molecule has 0 aliphatic carbocycles. The number of hydrogen-bond acceptors (Lipinski definition) is 2. The molecule has 0 spiro atoms. The maximum absolute atomic E-state index is 13.4. The van der Waals surface area contributed by atoms with Gasteiger partial charge in [-0.15, -0.1) is 0 Å². The smallest absolute Gasteiger partial charge is 0.259 e. The Bertz CT molecular complexity index is 969. The van der Waals surface area contributed by atoms with Crippen LogP contribution in [0.25, 0.3) is 0 Å². The minimum Gasteiger partial charge on any atom is -0.259 e. The van der Waals surface area contributed by atoms with E-state index < -0.39 is 10.0 Å². The Morgan fingerprint density at radius 1 is 0.846 bits per heavy atom. The molecule has 0 bridgehead atoms. The van der Waals surface area contributed by atoms with Gasteiger partial charge in [-0.3, -0.25) is 4.31 Å². The molecule has 0 aromatic heterocycles. The number of halogens is 1. The van der Waals surface area contributed by atoms with E-state index >= 15 is 0 Å². The molecule has 3 aromatic rings. The third-order valence-corrected chi connectivity index (χ3v) is 6.46. The van der Waals surface area contributed by atoms with Crippen molar-refractivity contribution in [2.24, 2.45) is 0 Å². The maximum atomic E-state index is 13.4. The fraction of sp³-hybridized carbons (Fsp3) is 0.143. The number of nitrogens with zero attached hydrogens (tertiary/aromatic N) is 1. The number of para-hydroxylation sites is 1. The van der Waals surface area contributed by atoms with Crippen LogP contribution in [0, 0.1) is 6.92 Å². The van der Waals surface area contributed by atoms with E-state index in [0.717, 1.165) is 11.1 Å². The van der Waals surface area contributed by atoms with Crippen molar-refractivity contribution in [2.45, 2.75) is 24.8 Å². The highest BCUT2D eigenvalue weighted by Gasteiger charge is 2.30. The van der Waals surface area contributed by atoms with Crippen LogP contribution >= 0.6 is 11.6 Å². The molecule has 3 nitrogen and oxygen atoms in total. The summed E-state index contributed by atoms with van der Waals surface area (Å²) in [6, 6.07) is 22.9. The lowest BCUT2D eigenvalue weighted by Crippen LogP contribution is -2.33. The largest absolute Gasteiger partial charge is 0.264 e. The Kier molecular flexibility index (Phi) is 5.35. The summed E-state index contributed by atoms with van der Waals surface area (Å²) >= 11 is 5.98. The molecule has 0 aliphatic rings. The van der Waals surface area contributed by atoms with Gasteiger partial charge < -0.3 is 0 Å². The summed E-state index contributed by atoms with van der Waals surface area (Å²) in [6.07, 6.45) is 0. The van der Waals surface area contributed by atoms with Crippen LogP contribution in [0.4, 0.5) is 5.69 Å². The third kappa shape index (κ3) is 3.76. The Morgan fingerprint density at radius 3 is 2.00 bits per heavy atom. The van der Waals surface area contributed by atoms with Crippen molar-refractivity contribution in [3.05, 3.63) is 95.0 Å². The van der Waals surface area contributed by atoms with Gasteiger partial charge >= 0.3 is 0 Å². The fourth-order valence-electron chi connectivity index (χ4n) is 2.85. The van der Waals surface area contributed by atoms with E-state index in [1.54, 1.807) is 36.4 Å². The molecule has 3 rings (SSSR count). The van der Waals surface area contributed by atoms with Crippen LogP contribution in [0.15, 0.2) is 83.8 Å². The lowest BCUT2D eigenvalue weighted by atomic mass is 10.1. The highest BCUT2D eigenvalue weighted by atomic mass is 35.5. The fourth-order valence-corrected chi connectivity index (χ4v) is 4.62. The molecule has 3 aromatic carbocycles. The van der Waals surface area contributed by atoms with Crippen LogP contribution in [0.5, 0.6) is 0 Å². The van der Waals surface area contributed by atoms with E-state index in [0.29, 0.717) is 10.7 Å². The SMILES string of the molecule is Cc1ccc(S(=O)(=O)N(c2ccccc2)C(C)c2ccc(Cl)cc2)cc1. The summed E-state index contributed by atoms with van der Waals surface area (Å²) in [6.45, 7) is 3.81. The summed E-state index contributed by atoms with van der Waals surface area (Å²) < 4.78 is 28.3. The second kappa shape index (κ2) is 7.52. The molecule has 0 N–H and O–H groups in total. The number of hydrogen-bond donors (Lipinski definition) is 0. The Morgan fingerprint density at radius 2 is 1.42 bits per heavy atom. The van der Waals surface area contributed by atoms with Crippen LogP contribution in [-0.2, 0) is 10.0 Å². The van der Waals surface area contributed by atoms with Crippen molar-refractivity contribution in [3.8, 4) is 0 Å². The first-order valence-electron chi connectivity index (χ1n) is 8.31. The normalized spacial score (nSPS) is 12.6. The van der Waals surface area contributed by atoms with Gasteiger partial charge in [0.15, 0.2) is 0 Å². The van der Waals surface area contributed by atoms with Gasteiger partial charge in [0.25, 0.3) is 10.0 Å². The van der Waals surface area contributed by atoms with Crippen molar-refractivity contribution in [2.75, 3.05) is 4.31 Å². The van der Waals surface area contributed by atoms with Gasteiger partial charge in [-0.05, 0) is 55.8 Å². The topological polar surface area (TPSA) is 37.4 Å². The van der Waals surface area contributed by atoms with Crippen molar-refractivity contribution in [3.63, 3.8) is 0 Å². The standard InChI is InChI=1S/C21H20ClNO2S/c1-16-8-14-21(15-9-16)26(24,25)23(20-6-4-3-5-7-20)17(2)18-10-12-19(22)13-11-18/h3-15,17H,1-2H3. The molecule has 1 unspecified atom stereocenters. The van der Waals surface area contributed by atoms with E-state index in [-0.39, 0.29) is 10.9 Å². The van der Waals surface area contributed by atoms with Crippen molar-refractivity contribution in [1.82, 2.24) is 0 Å². The Balaban J connectivity index is 2.12. The second-order valence-electron chi connectivity index (χ2n) is 6.18. The van der Waals surface area contributed by atoms with E-state index in [9.17, 15) is 8.42 Å². The number of rotatable bonds is 5. The van der Waals surface area contributed by atoms with Gasteiger partial charge in [-0.1, -0.05) is 59.6 Å². The van der Waals surface area contributed by atoms with Crippen LogP contribution in [0.1, 0.15) is 24.1 Å². The predicted octanol–water partition coefficient (Wildman–Crippen LogP) is 5.60. The quantitative estimate of drug-likeness (QED) is 0.572. The van der Waals surface area contributed by atoms with Gasteiger partial charge in [0.2, 0.25) is 0 Å². The minimum absolute atomic E-state index is 0.271. The zero-order chi connectivity index (χ0) is 18.7. The van der Waals surface area contributed by atoms with E-state index in [2.05, 4.69) is 0 Å². The lowest BCUT2D eigenvalue weighted by molar-refractivity contribution is 0.583. The molecule has 0 saturated carbocycles. The molecule has 0 aliphatic heterocycles. The number of benzene rings is 3. The molecule has 0 radical (unpaired) electrons. The molecular weight excluding hydrogens is 366 g/mol. The lowest BCUT2D eigenvalue weighted by Gasteiger charge is -2.31. The first-order chi connectivity index (χ1) is 12.4. The molecule has 134 valence electrons. The first-order valence-corrected chi connectivity index (χ1v) is 10.1. The molecule has 0 saturated heterocycles. The van der Waals surface area contributed by atoms with Gasteiger partial charge in [0.05, 0.1) is 16.6 Å². The Labute approximate surface area is 159 Å². The number of sulfonamides is 1. The van der Waals surface area contributed by atoms with Crippen molar-refractivity contribution in [1.29, 1.82) is 0 Å². The molecule has 1 atom stereocenters. The number of anilines is 1. The molecule has 5 heteroatoms. The minimum atomic E-state index is -3.73. The average Bonchev–Trinajstić information content (AvgIpc) is 2.63. The van der Waals surface area contributed by atoms with Crippen LogP contribution in [0.2, 0.25) is 5.02 Å². The zero-order valence-corrected chi connectivity index (χ0v) is 16.2. The average molecular weight is 386 g/mol. The van der Waals surface area contributed by atoms with Crippen LogP contribution < -0.4 is 4.31 Å². The van der Waals surface area contributed by atoms with E-state index in [1.165, 1.54) is 4.31 Å². The number of aryl methyl sites for hydroxylation is 1. The second-order valence-corrected chi connectivity index (χ2v) is 8.43. The molecule has 0 amide bonds. The highest BCUT2D eigenvalue weighted by molar-refractivity contribution is 7.92. The summed E-state index contributed by atoms with van der Waals surface area (Å²) in [7, 11) is -3.73. The molecular formula is C21H20ClNO2S. The first kappa shape index (κ1) is 18.5. The van der Waals surface area contributed by atoms with Gasteiger partial charge in [0.1, 0.15) is 0 Å². The molecule has 0 heterocycles. The Hall–Kier alpha value is -2.30. The molecule has 0 fully saturated rings. The molecule has 26 heavy (non-hydrogen) atoms. The predicted molar refractivity (Wildman–Crippen MR) is 107 cm³/mol. The van der Waals surface area contributed by atoms with E-state index in [4.69, 9.17) is 11.6 Å². The van der Waals surface area contributed by atoms with E-state index in [1.807, 2.05) is 56.3 Å². The van der Waals surface area contributed by atoms with Crippen LogP contribution in [0.3, 0.4) is 0 Å². The summed E-state index contributed by atoms with van der Waals surface area (Å²) in [5.74, 6) is 0. The zero-order valence-electron chi connectivity index (χ0n) is 14.6. The van der Waals surface area contributed by atoms with Gasteiger partial charge in [-0.2, -0.15) is 0 Å².